The Kier molecular flexibility index (Phi) is 9.37. The lowest BCUT2D eigenvalue weighted by atomic mass is 9.98. The van der Waals surface area contributed by atoms with Crippen molar-refractivity contribution in [1.29, 1.82) is 0 Å². The Labute approximate surface area is 161 Å². The Hall–Kier alpha value is -1.86. The van der Waals surface area contributed by atoms with Crippen LogP contribution in [0.1, 0.15) is 43.5 Å². The lowest BCUT2D eigenvalue weighted by Crippen LogP contribution is -2.34. The molecule has 0 radical (unpaired) electrons. The number of halogens is 1. The van der Waals surface area contributed by atoms with Gasteiger partial charge in [0.1, 0.15) is 5.69 Å². The number of rotatable bonds is 8. The highest BCUT2D eigenvalue weighted by Gasteiger charge is 2.24. The van der Waals surface area contributed by atoms with E-state index in [0.717, 1.165) is 38.9 Å². The topological polar surface area (TPSA) is 87.5 Å². The largest absolute Gasteiger partial charge is 0.366 e. The Morgan fingerprint density at radius 1 is 1.27 bits per heavy atom. The molecule has 1 saturated heterocycles. The van der Waals surface area contributed by atoms with E-state index in [9.17, 15) is 14.9 Å². The van der Waals surface area contributed by atoms with Crippen LogP contribution in [0.4, 0.5) is 11.4 Å². The second kappa shape index (κ2) is 11.0. The van der Waals surface area contributed by atoms with Gasteiger partial charge in [0, 0.05) is 37.8 Å². The Balaban J connectivity index is 0.00000338. The predicted molar refractivity (Wildman–Crippen MR) is 106 cm³/mol. The Morgan fingerprint density at radius 2 is 1.96 bits per heavy atom. The maximum absolute atomic E-state index is 12.2. The molecule has 2 N–H and O–H groups in total. The van der Waals surface area contributed by atoms with Crippen LogP contribution in [0.2, 0.25) is 0 Å². The molecule has 2 rings (SSSR count). The number of nitrogens with zero attached hydrogens (tertiary/aromatic N) is 2. The van der Waals surface area contributed by atoms with Crippen LogP contribution < -0.4 is 15.5 Å². The van der Waals surface area contributed by atoms with Crippen molar-refractivity contribution < 1.29 is 9.72 Å². The van der Waals surface area contributed by atoms with Crippen LogP contribution in [-0.4, -0.2) is 43.6 Å². The second-order valence-corrected chi connectivity index (χ2v) is 6.64. The Bertz CT molecular complexity index is 604. The zero-order valence-corrected chi connectivity index (χ0v) is 16.3. The lowest BCUT2D eigenvalue weighted by Gasteiger charge is -2.31. The summed E-state index contributed by atoms with van der Waals surface area (Å²) in [6.45, 7) is 8.01. The molecule has 1 amide bonds. The van der Waals surface area contributed by atoms with Crippen molar-refractivity contribution in [3.8, 4) is 0 Å². The van der Waals surface area contributed by atoms with Crippen LogP contribution in [0.3, 0.4) is 0 Å². The second-order valence-electron chi connectivity index (χ2n) is 6.64. The van der Waals surface area contributed by atoms with Gasteiger partial charge in [0.15, 0.2) is 0 Å². The third-order valence-corrected chi connectivity index (χ3v) is 4.57. The van der Waals surface area contributed by atoms with Gasteiger partial charge in [-0.1, -0.05) is 13.8 Å². The predicted octanol–water partition coefficient (Wildman–Crippen LogP) is 2.98. The minimum atomic E-state index is -0.396. The summed E-state index contributed by atoms with van der Waals surface area (Å²) >= 11 is 0. The van der Waals surface area contributed by atoms with Crippen LogP contribution in [0.5, 0.6) is 0 Å². The monoisotopic (exact) mass is 384 g/mol. The number of carbonyl (C=O) groups is 1. The van der Waals surface area contributed by atoms with E-state index >= 15 is 0 Å². The normalized spacial score (nSPS) is 14.6. The van der Waals surface area contributed by atoms with Gasteiger partial charge in [-0.3, -0.25) is 14.9 Å². The van der Waals surface area contributed by atoms with E-state index in [4.69, 9.17) is 0 Å². The summed E-state index contributed by atoms with van der Waals surface area (Å²) in [6, 6.07) is 4.77. The van der Waals surface area contributed by atoms with E-state index in [2.05, 4.69) is 29.4 Å². The number of hydrogen-bond acceptors (Lipinski definition) is 5. The van der Waals surface area contributed by atoms with Gasteiger partial charge in [-0.15, -0.1) is 12.4 Å². The summed E-state index contributed by atoms with van der Waals surface area (Å²) < 4.78 is 0. The number of hydrogen-bond donors (Lipinski definition) is 2. The molecule has 1 aliphatic rings. The highest BCUT2D eigenvalue weighted by molar-refractivity contribution is 5.95. The summed E-state index contributed by atoms with van der Waals surface area (Å²) in [5.74, 6) is 0.377. The zero-order valence-electron chi connectivity index (χ0n) is 15.5. The highest BCUT2D eigenvalue weighted by Crippen LogP contribution is 2.32. The maximum atomic E-state index is 12.2. The first kappa shape index (κ1) is 22.2. The molecule has 1 aromatic carbocycles. The van der Waals surface area contributed by atoms with E-state index in [0.29, 0.717) is 30.3 Å². The van der Waals surface area contributed by atoms with E-state index in [1.165, 1.54) is 6.07 Å². The first-order chi connectivity index (χ1) is 12.0. The van der Waals surface area contributed by atoms with Gasteiger partial charge in [0.05, 0.1) is 4.92 Å². The number of nitro groups is 1. The van der Waals surface area contributed by atoms with Gasteiger partial charge in [-0.05, 0) is 43.9 Å². The standard InChI is InChI=1S/C18H28N4O3.ClH/c1-3-8-19-9-10-20-18(23)15-4-5-16(17(13-15)22(24)25)21-11-6-14(2)7-12-21;/h4-5,13-14,19H,3,6-12H2,1-2H3,(H,20,23);1H. The van der Waals surface area contributed by atoms with Gasteiger partial charge < -0.3 is 15.5 Å². The summed E-state index contributed by atoms with van der Waals surface area (Å²) in [6.07, 6.45) is 3.10. The molecular weight excluding hydrogens is 356 g/mol. The molecular formula is C18H29ClN4O3. The first-order valence-electron chi connectivity index (χ1n) is 9.05. The van der Waals surface area contributed by atoms with E-state index < -0.39 is 4.92 Å². The number of amides is 1. The molecule has 26 heavy (non-hydrogen) atoms. The smallest absolute Gasteiger partial charge is 0.293 e. The van der Waals surface area contributed by atoms with Crippen molar-refractivity contribution in [3.05, 3.63) is 33.9 Å². The molecule has 1 heterocycles. The molecule has 0 saturated carbocycles. The minimum Gasteiger partial charge on any atom is -0.366 e. The molecule has 0 aromatic heterocycles. The van der Waals surface area contributed by atoms with Crippen LogP contribution in [0.15, 0.2) is 18.2 Å². The third kappa shape index (κ3) is 6.14. The van der Waals surface area contributed by atoms with Crippen molar-refractivity contribution in [2.24, 2.45) is 5.92 Å². The summed E-state index contributed by atoms with van der Waals surface area (Å²) in [5.41, 5.74) is 0.945. The number of carbonyl (C=O) groups excluding carboxylic acids is 1. The van der Waals surface area contributed by atoms with E-state index in [1.54, 1.807) is 12.1 Å². The molecule has 1 aromatic rings. The Morgan fingerprint density at radius 3 is 2.58 bits per heavy atom. The van der Waals surface area contributed by atoms with Gasteiger partial charge in [-0.25, -0.2) is 0 Å². The average Bonchev–Trinajstić information content (AvgIpc) is 2.61. The average molecular weight is 385 g/mol. The van der Waals surface area contributed by atoms with Gasteiger partial charge >= 0.3 is 0 Å². The molecule has 0 bridgehead atoms. The number of piperidine rings is 1. The fourth-order valence-corrected chi connectivity index (χ4v) is 3.00. The molecule has 1 aliphatic heterocycles. The number of nitro benzene ring substituents is 1. The zero-order chi connectivity index (χ0) is 18.2. The van der Waals surface area contributed by atoms with Gasteiger partial charge in [-0.2, -0.15) is 0 Å². The van der Waals surface area contributed by atoms with Crippen molar-refractivity contribution in [3.63, 3.8) is 0 Å². The van der Waals surface area contributed by atoms with Crippen molar-refractivity contribution in [2.75, 3.05) is 37.6 Å². The minimum absolute atomic E-state index is 0. The van der Waals surface area contributed by atoms with Gasteiger partial charge in [0.25, 0.3) is 11.6 Å². The molecule has 0 aliphatic carbocycles. The summed E-state index contributed by atoms with van der Waals surface area (Å²) in [5, 5.41) is 17.5. The van der Waals surface area contributed by atoms with E-state index in [-0.39, 0.29) is 24.0 Å². The van der Waals surface area contributed by atoms with Crippen molar-refractivity contribution in [2.45, 2.75) is 33.1 Å². The van der Waals surface area contributed by atoms with Crippen molar-refractivity contribution >= 4 is 29.7 Å². The fourth-order valence-electron chi connectivity index (χ4n) is 3.00. The molecule has 8 heteroatoms. The highest BCUT2D eigenvalue weighted by atomic mass is 35.5. The molecule has 0 atom stereocenters. The van der Waals surface area contributed by atoms with Gasteiger partial charge in [0.2, 0.25) is 0 Å². The molecule has 0 unspecified atom stereocenters. The maximum Gasteiger partial charge on any atom is 0.293 e. The van der Waals surface area contributed by atoms with Crippen LogP contribution in [0.25, 0.3) is 0 Å². The van der Waals surface area contributed by atoms with Crippen LogP contribution in [-0.2, 0) is 0 Å². The molecule has 1 fully saturated rings. The van der Waals surface area contributed by atoms with Crippen LogP contribution >= 0.6 is 12.4 Å². The SMILES string of the molecule is CCCNCCNC(=O)c1ccc(N2CCC(C)CC2)c([N+](=O)[O-])c1.Cl. The summed E-state index contributed by atoms with van der Waals surface area (Å²) in [7, 11) is 0. The van der Waals surface area contributed by atoms with Crippen LogP contribution in [0, 0.1) is 16.0 Å². The van der Waals surface area contributed by atoms with Crippen molar-refractivity contribution in [1.82, 2.24) is 10.6 Å². The number of benzene rings is 1. The third-order valence-electron chi connectivity index (χ3n) is 4.57. The summed E-state index contributed by atoms with van der Waals surface area (Å²) in [4.78, 5) is 25.3. The van der Waals surface area contributed by atoms with E-state index in [1.807, 2.05) is 0 Å². The number of anilines is 1. The quantitative estimate of drug-likeness (QED) is 0.408. The lowest BCUT2D eigenvalue weighted by molar-refractivity contribution is -0.384. The molecule has 0 spiro atoms. The molecule has 146 valence electrons. The first-order valence-corrected chi connectivity index (χ1v) is 9.05. The molecule has 7 nitrogen and oxygen atoms in total. The fraction of sp³-hybridized carbons (Fsp3) is 0.611. The number of nitrogens with one attached hydrogen (secondary N) is 2.